The summed E-state index contributed by atoms with van der Waals surface area (Å²) in [6.07, 6.45) is 0. The van der Waals surface area contributed by atoms with Crippen LogP contribution in [0.1, 0.15) is 11.1 Å². The first-order valence-corrected chi connectivity index (χ1v) is 9.19. The molecule has 1 N–H and O–H groups in total. The van der Waals surface area contributed by atoms with Crippen LogP contribution in [0.2, 0.25) is 5.02 Å². The second-order valence-corrected chi connectivity index (χ2v) is 7.24. The maximum absolute atomic E-state index is 6.25. The van der Waals surface area contributed by atoms with Gasteiger partial charge in [-0.2, -0.15) is 0 Å². The van der Waals surface area contributed by atoms with Crippen molar-refractivity contribution in [2.45, 2.75) is 13.8 Å². The molecule has 0 amide bonds. The smallest absolute Gasteiger partial charge is 0.214 e. The van der Waals surface area contributed by atoms with E-state index >= 15 is 0 Å². The SMILES string of the molecule is Cc1ccc(Nc2nc3ccc(Cl)cc3c3nc4c(C)cccc4n23)cc1. The Hall–Kier alpha value is -3.11. The molecule has 4 nitrogen and oxygen atoms in total. The number of halogens is 1. The van der Waals surface area contributed by atoms with Crippen LogP contribution in [-0.2, 0) is 0 Å². The van der Waals surface area contributed by atoms with E-state index in [2.05, 4.69) is 60.0 Å². The topological polar surface area (TPSA) is 42.2 Å². The van der Waals surface area contributed by atoms with Crippen LogP contribution < -0.4 is 5.32 Å². The van der Waals surface area contributed by atoms with Gasteiger partial charge in [-0.25, -0.2) is 9.97 Å². The Bertz CT molecular complexity index is 1320. The fourth-order valence-electron chi connectivity index (χ4n) is 3.43. The summed E-state index contributed by atoms with van der Waals surface area (Å²) in [7, 11) is 0. The summed E-state index contributed by atoms with van der Waals surface area (Å²) in [4.78, 5) is 9.79. The molecule has 3 aromatic carbocycles. The average molecular weight is 373 g/mol. The van der Waals surface area contributed by atoms with Gasteiger partial charge in [-0.15, -0.1) is 0 Å². The maximum Gasteiger partial charge on any atom is 0.214 e. The molecule has 0 fully saturated rings. The van der Waals surface area contributed by atoms with Gasteiger partial charge in [-0.3, -0.25) is 4.40 Å². The molecule has 0 atom stereocenters. The first-order chi connectivity index (χ1) is 13.1. The number of aromatic nitrogens is 3. The third-order valence-electron chi connectivity index (χ3n) is 4.83. The highest BCUT2D eigenvalue weighted by molar-refractivity contribution is 6.31. The summed E-state index contributed by atoms with van der Waals surface area (Å²) in [5.41, 5.74) is 7.03. The number of imidazole rings is 1. The minimum absolute atomic E-state index is 0.675. The molecule has 2 aromatic heterocycles. The minimum atomic E-state index is 0.675. The van der Waals surface area contributed by atoms with Crippen LogP contribution >= 0.6 is 11.6 Å². The molecule has 0 radical (unpaired) electrons. The van der Waals surface area contributed by atoms with Gasteiger partial charge in [0.05, 0.1) is 16.6 Å². The van der Waals surface area contributed by atoms with Crippen molar-refractivity contribution >= 4 is 50.8 Å². The number of benzene rings is 3. The maximum atomic E-state index is 6.25. The fraction of sp³-hybridized carbons (Fsp3) is 0.0909. The summed E-state index contributed by atoms with van der Waals surface area (Å²) in [5, 5.41) is 5.07. The van der Waals surface area contributed by atoms with Crippen molar-refractivity contribution in [1.82, 2.24) is 14.4 Å². The third kappa shape index (κ3) is 2.61. The zero-order chi connectivity index (χ0) is 18.5. The zero-order valence-electron chi connectivity index (χ0n) is 15.0. The number of aryl methyl sites for hydroxylation is 2. The number of rotatable bonds is 2. The molecule has 5 heteroatoms. The van der Waals surface area contributed by atoms with Crippen molar-refractivity contribution < 1.29 is 0 Å². The summed E-state index contributed by atoms with van der Waals surface area (Å²) in [5.74, 6) is 0.733. The monoisotopic (exact) mass is 372 g/mol. The Morgan fingerprint density at radius 2 is 1.74 bits per heavy atom. The molecule has 0 saturated heterocycles. The highest BCUT2D eigenvalue weighted by Gasteiger charge is 2.15. The molecule has 0 aliphatic carbocycles. The number of anilines is 2. The van der Waals surface area contributed by atoms with Crippen molar-refractivity contribution in [3.05, 3.63) is 76.8 Å². The summed E-state index contributed by atoms with van der Waals surface area (Å²) in [6, 6.07) is 20.2. The van der Waals surface area contributed by atoms with Crippen LogP contribution in [-0.4, -0.2) is 14.4 Å². The van der Waals surface area contributed by atoms with E-state index in [-0.39, 0.29) is 0 Å². The van der Waals surface area contributed by atoms with Gasteiger partial charge in [-0.05, 0) is 55.8 Å². The molecule has 0 saturated carbocycles. The minimum Gasteiger partial charge on any atom is -0.325 e. The van der Waals surface area contributed by atoms with Gasteiger partial charge >= 0.3 is 0 Å². The molecule has 0 unspecified atom stereocenters. The number of para-hydroxylation sites is 1. The van der Waals surface area contributed by atoms with Crippen molar-refractivity contribution in [3.63, 3.8) is 0 Å². The molecule has 0 aliphatic heterocycles. The van der Waals surface area contributed by atoms with Crippen molar-refractivity contribution in [2.24, 2.45) is 0 Å². The molecular weight excluding hydrogens is 356 g/mol. The number of hydrogen-bond donors (Lipinski definition) is 1. The molecule has 2 heterocycles. The first kappa shape index (κ1) is 16.1. The lowest BCUT2D eigenvalue weighted by molar-refractivity contribution is 1.15. The molecule has 5 rings (SSSR count). The Labute approximate surface area is 161 Å². The molecule has 0 aliphatic rings. The van der Waals surface area contributed by atoms with Gasteiger partial charge < -0.3 is 5.32 Å². The second-order valence-electron chi connectivity index (χ2n) is 6.80. The van der Waals surface area contributed by atoms with Crippen molar-refractivity contribution in [2.75, 3.05) is 5.32 Å². The standard InChI is InChI=1S/C22H17ClN4/c1-13-6-9-16(10-7-13)24-22-25-18-11-8-15(23)12-17(18)21-26-20-14(2)4-3-5-19(20)27(21)22/h3-12H,1-2H3,(H,24,25). The van der Waals surface area contributed by atoms with Crippen LogP contribution in [0.15, 0.2) is 60.7 Å². The number of nitrogens with one attached hydrogen (secondary N) is 1. The van der Waals surface area contributed by atoms with Gasteiger partial charge in [0.1, 0.15) is 5.65 Å². The first-order valence-electron chi connectivity index (χ1n) is 8.81. The normalized spacial score (nSPS) is 11.5. The summed E-state index contributed by atoms with van der Waals surface area (Å²) >= 11 is 6.25. The quantitative estimate of drug-likeness (QED) is 0.410. The average Bonchev–Trinajstić information content (AvgIpc) is 3.06. The molecule has 0 bridgehead atoms. The molecule has 27 heavy (non-hydrogen) atoms. The van der Waals surface area contributed by atoms with Crippen LogP contribution in [0.4, 0.5) is 11.6 Å². The van der Waals surface area contributed by atoms with Gasteiger partial charge in [0.2, 0.25) is 5.95 Å². The molecular formula is C22H17ClN4. The Morgan fingerprint density at radius 1 is 0.926 bits per heavy atom. The number of nitrogens with zero attached hydrogens (tertiary/aromatic N) is 3. The lowest BCUT2D eigenvalue weighted by atomic mass is 10.2. The zero-order valence-corrected chi connectivity index (χ0v) is 15.7. The van der Waals surface area contributed by atoms with Crippen LogP contribution in [0, 0.1) is 13.8 Å². The summed E-state index contributed by atoms with van der Waals surface area (Å²) < 4.78 is 2.07. The van der Waals surface area contributed by atoms with Crippen molar-refractivity contribution in [3.8, 4) is 0 Å². The Kier molecular flexibility index (Phi) is 3.55. The lowest BCUT2D eigenvalue weighted by Crippen LogP contribution is -2.02. The highest BCUT2D eigenvalue weighted by atomic mass is 35.5. The van der Waals surface area contributed by atoms with E-state index in [1.54, 1.807) is 0 Å². The predicted molar refractivity (Wildman–Crippen MR) is 112 cm³/mol. The third-order valence-corrected chi connectivity index (χ3v) is 5.07. The van der Waals surface area contributed by atoms with Crippen LogP contribution in [0.5, 0.6) is 0 Å². The lowest BCUT2D eigenvalue weighted by Gasteiger charge is -2.11. The fourth-order valence-corrected chi connectivity index (χ4v) is 3.61. The van der Waals surface area contributed by atoms with E-state index in [4.69, 9.17) is 21.6 Å². The van der Waals surface area contributed by atoms with Gasteiger partial charge in [-0.1, -0.05) is 41.4 Å². The second kappa shape index (κ2) is 5.96. The molecule has 5 aromatic rings. The van der Waals surface area contributed by atoms with E-state index in [1.807, 2.05) is 24.3 Å². The van der Waals surface area contributed by atoms with Crippen molar-refractivity contribution in [1.29, 1.82) is 0 Å². The highest BCUT2D eigenvalue weighted by Crippen LogP contribution is 2.30. The van der Waals surface area contributed by atoms with E-state index < -0.39 is 0 Å². The predicted octanol–water partition coefficient (Wildman–Crippen LogP) is 6.05. The van der Waals surface area contributed by atoms with E-state index in [1.165, 1.54) is 5.56 Å². The van der Waals surface area contributed by atoms with Crippen LogP contribution in [0.25, 0.3) is 27.6 Å². The van der Waals surface area contributed by atoms with E-state index in [0.29, 0.717) is 5.02 Å². The number of hydrogen-bond acceptors (Lipinski definition) is 3. The Morgan fingerprint density at radius 3 is 2.56 bits per heavy atom. The van der Waals surface area contributed by atoms with Gasteiger partial charge in [0, 0.05) is 16.1 Å². The molecule has 0 spiro atoms. The van der Waals surface area contributed by atoms with Gasteiger partial charge in [0.15, 0.2) is 0 Å². The van der Waals surface area contributed by atoms with E-state index in [0.717, 1.165) is 44.8 Å². The van der Waals surface area contributed by atoms with Crippen LogP contribution in [0.3, 0.4) is 0 Å². The molecule has 132 valence electrons. The Balaban J connectivity index is 1.87. The largest absolute Gasteiger partial charge is 0.325 e. The summed E-state index contributed by atoms with van der Waals surface area (Å²) in [6.45, 7) is 4.15. The van der Waals surface area contributed by atoms with E-state index in [9.17, 15) is 0 Å². The van der Waals surface area contributed by atoms with Gasteiger partial charge in [0.25, 0.3) is 0 Å². The number of fused-ring (bicyclic) bond motifs is 5.